The average Bonchev–Trinajstić information content (AvgIpc) is 2.30. The SMILES string of the molecule is CC1CN(Cc2ccc(C(=O)O)cc2Br)CC(C)N1.Cl.Cl. The Bertz CT molecular complexity index is 478. The molecule has 2 unspecified atom stereocenters. The molecule has 1 aliphatic rings. The third kappa shape index (κ3) is 5.75. The van der Waals surface area contributed by atoms with Crippen molar-refractivity contribution in [1.82, 2.24) is 10.2 Å². The summed E-state index contributed by atoms with van der Waals surface area (Å²) in [6.45, 7) is 7.24. The van der Waals surface area contributed by atoms with Crippen molar-refractivity contribution in [2.45, 2.75) is 32.5 Å². The molecule has 1 aliphatic heterocycles. The van der Waals surface area contributed by atoms with E-state index in [0.717, 1.165) is 29.7 Å². The summed E-state index contributed by atoms with van der Waals surface area (Å²) in [5.41, 5.74) is 1.45. The summed E-state index contributed by atoms with van der Waals surface area (Å²) < 4.78 is 0.867. The van der Waals surface area contributed by atoms with Gasteiger partial charge in [0.05, 0.1) is 5.56 Å². The molecule has 7 heteroatoms. The number of halogens is 3. The topological polar surface area (TPSA) is 52.6 Å². The smallest absolute Gasteiger partial charge is 0.335 e. The molecule has 0 amide bonds. The maximum atomic E-state index is 10.9. The largest absolute Gasteiger partial charge is 0.478 e. The third-order valence-electron chi connectivity index (χ3n) is 3.33. The van der Waals surface area contributed by atoms with Gasteiger partial charge in [-0.05, 0) is 31.5 Å². The first-order valence-electron chi connectivity index (χ1n) is 6.46. The minimum atomic E-state index is -0.892. The molecule has 2 atom stereocenters. The van der Waals surface area contributed by atoms with Gasteiger partial charge < -0.3 is 10.4 Å². The van der Waals surface area contributed by atoms with Crippen LogP contribution in [0.3, 0.4) is 0 Å². The van der Waals surface area contributed by atoms with Gasteiger partial charge in [0, 0.05) is 36.2 Å². The lowest BCUT2D eigenvalue weighted by atomic mass is 10.1. The predicted octanol–water partition coefficient (Wildman–Crippen LogP) is 3.17. The zero-order valence-electron chi connectivity index (χ0n) is 12.0. The highest BCUT2D eigenvalue weighted by atomic mass is 79.9. The van der Waals surface area contributed by atoms with E-state index in [1.54, 1.807) is 12.1 Å². The van der Waals surface area contributed by atoms with Gasteiger partial charge in [0.25, 0.3) is 0 Å². The van der Waals surface area contributed by atoms with Gasteiger partial charge >= 0.3 is 5.97 Å². The van der Waals surface area contributed by atoms with Crippen LogP contribution in [0.25, 0.3) is 0 Å². The highest BCUT2D eigenvalue weighted by Crippen LogP contribution is 2.21. The van der Waals surface area contributed by atoms with E-state index < -0.39 is 5.97 Å². The predicted molar refractivity (Wildman–Crippen MR) is 92.9 cm³/mol. The van der Waals surface area contributed by atoms with Crippen LogP contribution in [0.1, 0.15) is 29.8 Å². The fraction of sp³-hybridized carbons (Fsp3) is 0.500. The van der Waals surface area contributed by atoms with Crippen LogP contribution < -0.4 is 5.32 Å². The summed E-state index contributed by atoms with van der Waals surface area (Å²) in [5, 5.41) is 12.5. The van der Waals surface area contributed by atoms with E-state index in [1.807, 2.05) is 6.07 Å². The molecule has 1 fully saturated rings. The molecule has 1 aromatic rings. The number of hydrogen-bond acceptors (Lipinski definition) is 3. The minimum Gasteiger partial charge on any atom is -0.478 e. The van der Waals surface area contributed by atoms with Crippen molar-refractivity contribution in [3.05, 3.63) is 33.8 Å². The summed E-state index contributed by atoms with van der Waals surface area (Å²) in [4.78, 5) is 13.3. The number of nitrogens with zero attached hydrogens (tertiary/aromatic N) is 1. The maximum absolute atomic E-state index is 10.9. The van der Waals surface area contributed by atoms with Gasteiger partial charge in [0.2, 0.25) is 0 Å². The Morgan fingerprint density at radius 2 is 1.90 bits per heavy atom. The zero-order chi connectivity index (χ0) is 14.0. The number of rotatable bonds is 3. The average molecular weight is 400 g/mol. The van der Waals surface area contributed by atoms with Gasteiger partial charge in [0.15, 0.2) is 0 Å². The Balaban J connectivity index is 0.00000200. The van der Waals surface area contributed by atoms with Crippen LogP contribution in [-0.2, 0) is 6.54 Å². The first-order chi connectivity index (χ1) is 8.95. The summed E-state index contributed by atoms with van der Waals surface area (Å²) in [5.74, 6) is -0.892. The van der Waals surface area contributed by atoms with Gasteiger partial charge in [-0.1, -0.05) is 22.0 Å². The Morgan fingerprint density at radius 3 is 2.38 bits per heavy atom. The minimum absolute atomic E-state index is 0. The van der Waals surface area contributed by atoms with Crippen LogP contribution in [0.4, 0.5) is 0 Å². The highest BCUT2D eigenvalue weighted by Gasteiger charge is 2.21. The molecule has 0 bridgehead atoms. The van der Waals surface area contributed by atoms with Crippen LogP contribution in [0.5, 0.6) is 0 Å². The van der Waals surface area contributed by atoms with Gasteiger partial charge in [-0.15, -0.1) is 24.8 Å². The molecular formula is C14H21BrCl2N2O2. The van der Waals surface area contributed by atoms with Crippen LogP contribution in [0.15, 0.2) is 22.7 Å². The van der Waals surface area contributed by atoms with Crippen molar-refractivity contribution in [2.75, 3.05) is 13.1 Å². The standard InChI is InChI=1S/C14H19BrN2O2.2ClH/c1-9-6-17(7-10(2)16-9)8-12-4-3-11(14(18)19)5-13(12)15;;/h3-5,9-10,16H,6-8H2,1-2H3,(H,18,19);2*1H. The van der Waals surface area contributed by atoms with Gasteiger partial charge in [-0.3, -0.25) is 4.90 Å². The Hall–Kier alpha value is -0.330. The van der Waals surface area contributed by atoms with Crippen LogP contribution in [-0.4, -0.2) is 41.1 Å². The molecule has 2 N–H and O–H groups in total. The van der Waals surface area contributed by atoms with E-state index in [1.165, 1.54) is 0 Å². The molecule has 1 saturated heterocycles. The quantitative estimate of drug-likeness (QED) is 0.819. The number of nitrogens with one attached hydrogen (secondary N) is 1. The summed E-state index contributed by atoms with van der Waals surface area (Å²) >= 11 is 3.47. The second kappa shape index (κ2) is 8.96. The summed E-state index contributed by atoms with van der Waals surface area (Å²) in [6.07, 6.45) is 0. The van der Waals surface area contributed by atoms with Crippen LogP contribution >= 0.6 is 40.7 Å². The Labute approximate surface area is 146 Å². The first-order valence-corrected chi connectivity index (χ1v) is 7.25. The number of piperazine rings is 1. The number of aromatic carboxylic acids is 1. The van der Waals surface area contributed by atoms with Crippen LogP contribution in [0.2, 0.25) is 0 Å². The number of hydrogen-bond donors (Lipinski definition) is 2. The molecule has 2 rings (SSSR count). The number of carboxylic acid groups (broad SMARTS) is 1. The Morgan fingerprint density at radius 1 is 1.33 bits per heavy atom. The molecule has 0 spiro atoms. The molecule has 0 aromatic heterocycles. The van der Waals surface area contributed by atoms with Crippen molar-refractivity contribution in [3.8, 4) is 0 Å². The van der Waals surface area contributed by atoms with Crippen molar-refractivity contribution >= 4 is 46.7 Å². The van der Waals surface area contributed by atoms with Gasteiger partial charge in [0.1, 0.15) is 0 Å². The number of carbonyl (C=O) groups is 1. The fourth-order valence-corrected chi connectivity index (χ4v) is 3.12. The molecule has 0 saturated carbocycles. The van der Waals surface area contributed by atoms with Crippen molar-refractivity contribution in [1.29, 1.82) is 0 Å². The van der Waals surface area contributed by atoms with E-state index >= 15 is 0 Å². The molecule has 1 heterocycles. The second-order valence-electron chi connectivity index (χ2n) is 5.27. The summed E-state index contributed by atoms with van der Waals surface area (Å²) in [6, 6.07) is 6.20. The normalized spacial score (nSPS) is 22.0. The molecule has 0 aliphatic carbocycles. The first kappa shape index (κ1) is 20.7. The van der Waals surface area contributed by atoms with Crippen molar-refractivity contribution in [2.24, 2.45) is 0 Å². The van der Waals surface area contributed by atoms with E-state index in [0.29, 0.717) is 17.6 Å². The second-order valence-corrected chi connectivity index (χ2v) is 6.13. The molecule has 120 valence electrons. The number of benzene rings is 1. The van der Waals surface area contributed by atoms with E-state index in [4.69, 9.17) is 5.11 Å². The van der Waals surface area contributed by atoms with E-state index in [9.17, 15) is 4.79 Å². The Kier molecular flexibility index (Phi) is 8.81. The fourth-order valence-electron chi connectivity index (χ4n) is 2.62. The molecule has 4 nitrogen and oxygen atoms in total. The lowest BCUT2D eigenvalue weighted by molar-refractivity contribution is 0.0697. The third-order valence-corrected chi connectivity index (χ3v) is 4.07. The van der Waals surface area contributed by atoms with Gasteiger partial charge in [-0.2, -0.15) is 0 Å². The lowest BCUT2D eigenvalue weighted by Gasteiger charge is -2.36. The number of carboxylic acids is 1. The molecule has 21 heavy (non-hydrogen) atoms. The molecule has 0 radical (unpaired) electrons. The van der Waals surface area contributed by atoms with E-state index in [2.05, 4.69) is 40.0 Å². The van der Waals surface area contributed by atoms with Crippen molar-refractivity contribution in [3.63, 3.8) is 0 Å². The summed E-state index contributed by atoms with van der Waals surface area (Å²) in [7, 11) is 0. The highest BCUT2D eigenvalue weighted by molar-refractivity contribution is 9.10. The monoisotopic (exact) mass is 398 g/mol. The maximum Gasteiger partial charge on any atom is 0.335 e. The molecule has 1 aromatic carbocycles. The van der Waals surface area contributed by atoms with E-state index in [-0.39, 0.29) is 24.8 Å². The lowest BCUT2D eigenvalue weighted by Crippen LogP contribution is -2.53. The molecular weight excluding hydrogens is 379 g/mol. The van der Waals surface area contributed by atoms with Gasteiger partial charge in [-0.25, -0.2) is 4.79 Å². The van der Waals surface area contributed by atoms with Crippen LogP contribution in [0, 0.1) is 0 Å². The zero-order valence-corrected chi connectivity index (χ0v) is 15.2. The van der Waals surface area contributed by atoms with Crippen molar-refractivity contribution < 1.29 is 9.90 Å².